The number of methoxy groups -OCH3 is 4. The lowest BCUT2D eigenvalue weighted by atomic mass is 9.98. The molecule has 2 aromatic carbocycles. The molecule has 0 aliphatic rings. The van der Waals surface area contributed by atoms with Gasteiger partial charge in [0.1, 0.15) is 11.8 Å². The van der Waals surface area contributed by atoms with E-state index in [1.165, 1.54) is 7.11 Å². The Morgan fingerprint density at radius 3 is 2.20 bits per heavy atom. The zero-order valence-electron chi connectivity index (χ0n) is 20.6. The van der Waals surface area contributed by atoms with Gasteiger partial charge < -0.3 is 28.8 Å². The van der Waals surface area contributed by atoms with Crippen molar-refractivity contribution in [3.63, 3.8) is 0 Å². The molecule has 0 saturated heterocycles. The number of carbonyl (C=O) groups is 1. The van der Waals surface area contributed by atoms with Crippen molar-refractivity contribution in [3.8, 4) is 45.4 Å². The van der Waals surface area contributed by atoms with E-state index in [0.717, 1.165) is 12.0 Å². The smallest absolute Gasteiger partial charge is 0.243 e. The highest BCUT2D eigenvalue weighted by atomic mass is 35.5. The highest BCUT2D eigenvalue weighted by Crippen LogP contribution is 2.44. The van der Waals surface area contributed by atoms with Gasteiger partial charge in [0.05, 0.1) is 40.3 Å². The molecule has 0 bridgehead atoms. The van der Waals surface area contributed by atoms with E-state index in [1.807, 2.05) is 19.9 Å². The van der Waals surface area contributed by atoms with Gasteiger partial charge in [-0.1, -0.05) is 31.5 Å². The molecular weight excluding hydrogens is 474 g/mol. The average Bonchev–Trinajstić information content (AvgIpc) is 3.38. The van der Waals surface area contributed by atoms with Crippen LogP contribution in [0.3, 0.4) is 0 Å². The van der Waals surface area contributed by atoms with Crippen LogP contribution in [0.25, 0.3) is 22.5 Å². The second-order valence-electron chi connectivity index (χ2n) is 7.86. The second kappa shape index (κ2) is 11.8. The van der Waals surface area contributed by atoms with Gasteiger partial charge in [-0.3, -0.25) is 4.79 Å². The van der Waals surface area contributed by atoms with Crippen molar-refractivity contribution in [2.24, 2.45) is 5.92 Å². The van der Waals surface area contributed by atoms with Crippen molar-refractivity contribution >= 4 is 23.4 Å². The van der Waals surface area contributed by atoms with E-state index in [2.05, 4.69) is 15.3 Å². The van der Waals surface area contributed by atoms with Crippen LogP contribution in [-0.4, -0.2) is 45.5 Å². The maximum absolute atomic E-state index is 12.9. The minimum Gasteiger partial charge on any atom is -0.495 e. The number of rotatable bonds is 11. The second-order valence-corrected chi connectivity index (χ2v) is 8.08. The minimum absolute atomic E-state index is 0.0337. The van der Waals surface area contributed by atoms with Crippen LogP contribution in [0.2, 0.25) is 0 Å². The molecular formula is C25H30ClN3O6. The number of benzene rings is 2. The fraction of sp³-hybridized carbons (Fsp3) is 0.360. The molecule has 35 heavy (non-hydrogen) atoms. The quantitative estimate of drug-likeness (QED) is 0.347. The summed E-state index contributed by atoms with van der Waals surface area (Å²) >= 11 is 5.86. The van der Waals surface area contributed by atoms with E-state index in [4.69, 9.17) is 35.2 Å². The first-order valence-corrected chi connectivity index (χ1v) is 11.4. The van der Waals surface area contributed by atoms with Gasteiger partial charge in [0.25, 0.3) is 0 Å². The van der Waals surface area contributed by atoms with Crippen molar-refractivity contribution in [2.45, 2.75) is 26.3 Å². The first-order chi connectivity index (χ1) is 16.9. The molecule has 9 nitrogen and oxygen atoms in total. The predicted molar refractivity (Wildman–Crippen MR) is 134 cm³/mol. The Labute approximate surface area is 209 Å². The average molecular weight is 504 g/mol. The number of carbonyl (C=O) groups excluding carboxylic acids is 1. The molecule has 0 radical (unpaired) electrons. The van der Waals surface area contributed by atoms with Crippen molar-refractivity contribution in [2.75, 3.05) is 33.8 Å². The van der Waals surface area contributed by atoms with E-state index < -0.39 is 6.04 Å². The van der Waals surface area contributed by atoms with Crippen LogP contribution in [0.4, 0.5) is 5.69 Å². The minimum atomic E-state index is -0.569. The number of amides is 1. The standard InChI is InChI=1S/C25H30ClN3O6/c1-7-14(2)22(29-26)25(30)28-18-10-15(8-9-19(18)31-3)17-13-27-35-23(17)16-11-20(32-4)24(34-6)21(12-16)33-5/h8-14,22,29H,7H2,1-6H3,(H,28,30). The lowest BCUT2D eigenvalue weighted by molar-refractivity contribution is -0.118. The lowest BCUT2D eigenvalue weighted by Crippen LogP contribution is -2.40. The molecule has 188 valence electrons. The van der Waals surface area contributed by atoms with Gasteiger partial charge in [-0.2, -0.15) is 0 Å². The number of halogens is 1. The number of hydrogen-bond acceptors (Lipinski definition) is 8. The molecule has 1 heterocycles. The van der Waals surface area contributed by atoms with Gasteiger partial charge in [-0.05, 0) is 47.5 Å². The zero-order chi connectivity index (χ0) is 25.5. The van der Waals surface area contributed by atoms with Crippen molar-refractivity contribution in [1.29, 1.82) is 0 Å². The third-order valence-electron chi connectivity index (χ3n) is 5.88. The Hall–Kier alpha value is -3.43. The Balaban J connectivity index is 2.04. The molecule has 2 N–H and O–H groups in total. The molecule has 0 fully saturated rings. The Bertz CT molecular complexity index is 1140. The van der Waals surface area contributed by atoms with Crippen molar-refractivity contribution in [1.82, 2.24) is 9.99 Å². The molecule has 1 amide bonds. The molecule has 0 spiro atoms. The van der Waals surface area contributed by atoms with Crippen molar-refractivity contribution in [3.05, 3.63) is 36.5 Å². The molecule has 0 aliphatic carbocycles. The largest absolute Gasteiger partial charge is 0.495 e. The summed E-state index contributed by atoms with van der Waals surface area (Å²) in [5.74, 6) is 2.20. The molecule has 2 atom stereocenters. The first kappa shape index (κ1) is 26.2. The van der Waals surface area contributed by atoms with Crippen LogP contribution in [0.5, 0.6) is 23.0 Å². The maximum Gasteiger partial charge on any atom is 0.243 e. The number of nitrogens with one attached hydrogen (secondary N) is 2. The molecule has 0 saturated carbocycles. The Morgan fingerprint density at radius 1 is 1.00 bits per heavy atom. The number of nitrogens with zero attached hydrogens (tertiary/aromatic N) is 1. The summed E-state index contributed by atoms with van der Waals surface area (Å²) in [5.41, 5.74) is 2.63. The van der Waals surface area contributed by atoms with Crippen molar-refractivity contribution < 1.29 is 28.3 Å². The molecule has 2 unspecified atom stereocenters. The van der Waals surface area contributed by atoms with E-state index >= 15 is 0 Å². The van der Waals surface area contributed by atoms with E-state index in [-0.39, 0.29) is 11.8 Å². The zero-order valence-corrected chi connectivity index (χ0v) is 21.4. The van der Waals surface area contributed by atoms with E-state index in [9.17, 15) is 4.79 Å². The normalized spacial score (nSPS) is 12.5. The summed E-state index contributed by atoms with van der Waals surface area (Å²) in [7, 11) is 6.17. The lowest BCUT2D eigenvalue weighted by Gasteiger charge is -2.21. The monoisotopic (exact) mass is 503 g/mol. The first-order valence-electron chi connectivity index (χ1n) is 11.0. The summed E-state index contributed by atoms with van der Waals surface area (Å²) in [4.78, 5) is 15.5. The van der Waals surface area contributed by atoms with Crippen LogP contribution in [0, 0.1) is 5.92 Å². The van der Waals surface area contributed by atoms with Gasteiger partial charge in [0, 0.05) is 11.1 Å². The van der Waals surface area contributed by atoms with Gasteiger partial charge in [-0.15, -0.1) is 0 Å². The maximum atomic E-state index is 12.9. The van der Waals surface area contributed by atoms with Crippen LogP contribution in [0.15, 0.2) is 41.1 Å². The summed E-state index contributed by atoms with van der Waals surface area (Å²) in [6, 6.07) is 8.41. The number of anilines is 1. The summed E-state index contributed by atoms with van der Waals surface area (Å²) in [6.45, 7) is 3.95. The molecule has 10 heteroatoms. The molecule has 3 rings (SSSR count). The third-order valence-corrected chi connectivity index (χ3v) is 6.11. The fourth-order valence-electron chi connectivity index (χ4n) is 3.70. The SMILES string of the molecule is CCC(C)C(NCl)C(=O)Nc1cc(-c2cnoc2-c2cc(OC)c(OC)c(OC)c2)ccc1OC. The topological polar surface area (TPSA) is 104 Å². The van der Waals surface area contributed by atoms with Crippen LogP contribution in [-0.2, 0) is 4.79 Å². The van der Waals surface area contributed by atoms with Gasteiger partial charge in [0.15, 0.2) is 17.3 Å². The van der Waals surface area contributed by atoms with E-state index in [0.29, 0.717) is 45.6 Å². The van der Waals surface area contributed by atoms with Gasteiger partial charge >= 0.3 is 0 Å². The number of ether oxygens (including phenoxy) is 4. The molecule has 3 aromatic rings. The Morgan fingerprint density at radius 2 is 1.66 bits per heavy atom. The highest BCUT2D eigenvalue weighted by Gasteiger charge is 2.25. The van der Waals surface area contributed by atoms with Crippen LogP contribution < -0.4 is 29.1 Å². The third kappa shape index (κ3) is 5.47. The van der Waals surface area contributed by atoms with Gasteiger partial charge in [-0.25, -0.2) is 4.84 Å². The molecule has 1 aromatic heterocycles. The number of hydrogen-bond donors (Lipinski definition) is 2. The fourth-order valence-corrected chi connectivity index (χ4v) is 4.01. The Kier molecular flexibility index (Phi) is 8.84. The highest BCUT2D eigenvalue weighted by molar-refractivity contribution is 6.15. The molecule has 0 aliphatic heterocycles. The van der Waals surface area contributed by atoms with Crippen LogP contribution >= 0.6 is 11.8 Å². The number of aromatic nitrogens is 1. The van der Waals surface area contributed by atoms with Gasteiger partial charge in [0.2, 0.25) is 11.7 Å². The summed E-state index contributed by atoms with van der Waals surface area (Å²) < 4.78 is 27.4. The van der Waals surface area contributed by atoms with Crippen LogP contribution in [0.1, 0.15) is 20.3 Å². The van der Waals surface area contributed by atoms with E-state index in [1.54, 1.807) is 51.8 Å². The summed E-state index contributed by atoms with van der Waals surface area (Å²) in [5, 5.41) is 6.93. The summed E-state index contributed by atoms with van der Waals surface area (Å²) in [6.07, 6.45) is 2.39. The predicted octanol–water partition coefficient (Wildman–Crippen LogP) is 5.14.